The SMILES string of the molecule is COCCn1cc(C(=O)NC[C@H](C)c2ccccc2)ccc1=O. The number of ether oxygens (including phenoxy) is 1. The Bertz CT molecular complexity index is 695. The number of carbonyl (C=O) groups is 1. The molecule has 1 aromatic heterocycles. The highest BCUT2D eigenvalue weighted by molar-refractivity contribution is 5.93. The molecule has 0 aliphatic carbocycles. The van der Waals surface area contributed by atoms with E-state index in [1.807, 2.05) is 30.3 Å². The quantitative estimate of drug-likeness (QED) is 0.850. The molecule has 2 rings (SSSR count). The number of amides is 1. The average molecular weight is 314 g/mol. The number of benzene rings is 1. The van der Waals surface area contributed by atoms with Gasteiger partial charge < -0.3 is 14.6 Å². The van der Waals surface area contributed by atoms with Crippen LogP contribution >= 0.6 is 0 Å². The zero-order valence-corrected chi connectivity index (χ0v) is 13.5. The van der Waals surface area contributed by atoms with E-state index >= 15 is 0 Å². The summed E-state index contributed by atoms with van der Waals surface area (Å²) in [6.07, 6.45) is 1.57. The van der Waals surface area contributed by atoms with E-state index in [9.17, 15) is 9.59 Å². The summed E-state index contributed by atoms with van der Waals surface area (Å²) in [6.45, 7) is 3.46. The lowest BCUT2D eigenvalue weighted by Gasteiger charge is -2.13. The number of rotatable bonds is 7. The Morgan fingerprint density at radius 2 is 1.96 bits per heavy atom. The number of hydrogen-bond acceptors (Lipinski definition) is 3. The molecule has 0 saturated carbocycles. The molecule has 0 fully saturated rings. The van der Waals surface area contributed by atoms with Gasteiger partial charge in [0.15, 0.2) is 0 Å². The van der Waals surface area contributed by atoms with Crippen LogP contribution in [-0.2, 0) is 11.3 Å². The van der Waals surface area contributed by atoms with E-state index in [2.05, 4.69) is 12.2 Å². The van der Waals surface area contributed by atoms with Gasteiger partial charge in [0.25, 0.3) is 11.5 Å². The van der Waals surface area contributed by atoms with Crippen molar-refractivity contribution >= 4 is 5.91 Å². The predicted octanol–water partition coefficient (Wildman–Crippen LogP) is 2.03. The third kappa shape index (κ3) is 4.79. The summed E-state index contributed by atoms with van der Waals surface area (Å²) in [5.74, 6) is 0.0403. The van der Waals surface area contributed by atoms with Crippen LogP contribution in [0.5, 0.6) is 0 Å². The monoisotopic (exact) mass is 314 g/mol. The second kappa shape index (κ2) is 8.29. The predicted molar refractivity (Wildman–Crippen MR) is 89.8 cm³/mol. The normalized spacial score (nSPS) is 11.9. The van der Waals surface area contributed by atoms with E-state index < -0.39 is 0 Å². The maximum absolute atomic E-state index is 12.3. The highest BCUT2D eigenvalue weighted by atomic mass is 16.5. The Morgan fingerprint density at radius 1 is 1.22 bits per heavy atom. The fraction of sp³-hybridized carbons (Fsp3) is 0.333. The molecule has 1 heterocycles. The lowest BCUT2D eigenvalue weighted by atomic mass is 10.0. The lowest BCUT2D eigenvalue weighted by molar-refractivity contribution is 0.0950. The van der Waals surface area contributed by atoms with Crippen molar-refractivity contribution in [1.82, 2.24) is 9.88 Å². The zero-order chi connectivity index (χ0) is 16.7. The van der Waals surface area contributed by atoms with Crippen molar-refractivity contribution < 1.29 is 9.53 Å². The van der Waals surface area contributed by atoms with Gasteiger partial charge in [0.05, 0.1) is 12.2 Å². The van der Waals surface area contributed by atoms with Crippen LogP contribution in [0.25, 0.3) is 0 Å². The number of methoxy groups -OCH3 is 1. The van der Waals surface area contributed by atoms with Crippen LogP contribution in [0.3, 0.4) is 0 Å². The molecular weight excluding hydrogens is 292 g/mol. The molecule has 0 aliphatic heterocycles. The summed E-state index contributed by atoms with van der Waals surface area (Å²) in [4.78, 5) is 24.0. The molecule has 0 bridgehead atoms. The molecule has 5 nitrogen and oxygen atoms in total. The van der Waals surface area contributed by atoms with E-state index in [-0.39, 0.29) is 17.4 Å². The summed E-state index contributed by atoms with van der Waals surface area (Å²) >= 11 is 0. The van der Waals surface area contributed by atoms with Gasteiger partial charge in [-0.1, -0.05) is 37.3 Å². The topological polar surface area (TPSA) is 60.3 Å². The molecule has 0 spiro atoms. The van der Waals surface area contributed by atoms with E-state index in [1.165, 1.54) is 16.2 Å². The van der Waals surface area contributed by atoms with E-state index in [1.54, 1.807) is 19.4 Å². The molecule has 1 aromatic carbocycles. The maximum Gasteiger partial charge on any atom is 0.252 e. The number of nitrogens with zero attached hydrogens (tertiary/aromatic N) is 1. The molecule has 0 aliphatic rings. The molecule has 2 aromatic rings. The van der Waals surface area contributed by atoms with Gasteiger partial charge in [0, 0.05) is 32.5 Å². The fourth-order valence-electron chi connectivity index (χ4n) is 2.28. The Morgan fingerprint density at radius 3 is 2.65 bits per heavy atom. The Balaban J connectivity index is 1.99. The highest BCUT2D eigenvalue weighted by Crippen LogP contribution is 2.13. The van der Waals surface area contributed by atoms with E-state index in [4.69, 9.17) is 4.74 Å². The standard InChI is InChI=1S/C18H22N2O3/c1-14(15-6-4-3-5-7-15)12-19-18(22)16-8-9-17(21)20(13-16)10-11-23-2/h3-9,13-14H,10-12H2,1-2H3,(H,19,22)/t14-/m0/s1. The number of hydrogen-bond donors (Lipinski definition) is 1. The van der Waals surface area contributed by atoms with Crippen LogP contribution < -0.4 is 10.9 Å². The number of pyridine rings is 1. The third-order valence-electron chi connectivity index (χ3n) is 3.72. The van der Waals surface area contributed by atoms with Crippen LogP contribution in [-0.4, -0.2) is 30.7 Å². The Labute approximate surface area is 135 Å². The Kier molecular flexibility index (Phi) is 6.11. The van der Waals surface area contributed by atoms with Gasteiger partial charge in [0.1, 0.15) is 0 Å². The van der Waals surface area contributed by atoms with E-state index in [0.29, 0.717) is 25.3 Å². The summed E-state index contributed by atoms with van der Waals surface area (Å²) in [6, 6.07) is 13.0. The van der Waals surface area contributed by atoms with Crippen molar-refractivity contribution in [2.45, 2.75) is 19.4 Å². The minimum Gasteiger partial charge on any atom is -0.383 e. The van der Waals surface area contributed by atoms with Crippen LogP contribution in [0.15, 0.2) is 53.5 Å². The van der Waals surface area contributed by atoms with Crippen molar-refractivity contribution in [3.8, 4) is 0 Å². The molecule has 1 atom stereocenters. The second-order valence-electron chi connectivity index (χ2n) is 5.46. The molecule has 0 unspecified atom stereocenters. The number of carbonyl (C=O) groups excluding carboxylic acids is 1. The molecule has 5 heteroatoms. The second-order valence-corrected chi connectivity index (χ2v) is 5.46. The fourth-order valence-corrected chi connectivity index (χ4v) is 2.28. The van der Waals surface area contributed by atoms with Crippen molar-refractivity contribution in [1.29, 1.82) is 0 Å². The molecule has 23 heavy (non-hydrogen) atoms. The van der Waals surface area contributed by atoms with Gasteiger partial charge in [-0.3, -0.25) is 9.59 Å². The third-order valence-corrected chi connectivity index (χ3v) is 3.72. The summed E-state index contributed by atoms with van der Waals surface area (Å²) in [7, 11) is 1.58. The first-order valence-corrected chi connectivity index (χ1v) is 7.64. The van der Waals surface area contributed by atoms with Gasteiger partial charge in [0.2, 0.25) is 0 Å². The van der Waals surface area contributed by atoms with Crippen molar-refractivity contribution in [2.75, 3.05) is 20.3 Å². The molecule has 122 valence electrons. The van der Waals surface area contributed by atoms with Crippen molar-refractivity contribution in [3.05, 3.63) is 70.1 Å². The molecule has 0 saturated heterocycles. The van der Waals surface area contributed by atoms with Crippen molar-refractivity contribution in [2.24, 2.45) is 0 Å². The van der Waals surface area contributed by atoms with Crippen LogP contribution in [0.2, 0.25) is 0 Å². The zero-order valence-electron chi connectivity index (χ0n) is 13.5. The van der Waals surface area contributed by atoms with Gasteiger partial charge in [-0.2, -0.15) is 0 Å². The smallest absolute Gasteiger partial charge is 0.252 e. The average Bonchev–Trinajstić information content (AvgIpc) is 2.59. The van der Waals surface area contributed by atoms with Crippen LogP contribution in [0.4, 0.5) is 0 Å². The van der Waals surface area contributed by atoms with Gasteiger partial charge in [-0.25, -0.2) is 0 Å². The number of nitrogens with one attached hydrogen (secondary N) is 1. The highest BCUT2D eigenvalue weighted by Gasteiger charge is 2.10. The van der Waals surface area contributed by atoms with Gasteiger partial charge in [-0.05, 0) is 17.5 Å². The minimum absolute atomic E-state index is 0.142. The first-order valence-electron chi connectivity index (χ1n) is 7.64. The first kappa shape index (κ1) is 17.0. The first-order chi connectivity index (χ1) is 11.1. The lowest BCUT2D eigenvalue weighted by Crippen LogP contribution is -2.29. The molecular formula is C18H22N2O3. The van der Waals surface area contributed by atoms with Crippen LogP contribution in [0, 0.1) is 0 Å². The largest absolute Gasteiger partial charge is 0.383 e. The summed E-state index contributed by atoms with van der Waals surface area (Å²) in [5, 5.41) is 2.91. The minimum atomic E-state index is -0.182. The maximum atomic E-state index is 12.3. The summed E-state index contributed by atoms with van der Waals surface area (Å²) < 4.78 is 6.45. The van der Waals surface area contributed by atoms with Gasteiger partial charge in [-0.15, -0.1) is 0 Å². The molecule has 1 N–H and O–H groups in total. The van der Waals surface area contributed by atoms with Crippen LogP contribution in [0.1, 0.15) is 28.8 Å². The van der Waals surface area contributed by atoms with E-state index in [0.717, 1.165) is 0 Å². The molecule has 1 amide bonds. The van der Waals surface area contributed by atoms with Gasteiger partial charge >= 0.3 is 0 Å². The molecule has 0 radical (unpaired) electrons. The number of aromatic nitrogens is 1. The summed E-state index contributed by atoms with van der Waals surface area (Å²) in [5.41, 5.74) is 1.51. The Hall–Kier alpha value is -2.40. The van der Waals surface area contributed by atoms with Crippen molar-refractivity contribution in [3.63, 3.8) is 0 Å².